The van der Waals surface area contributed by atoms with E-state index in [-0.39, 0.29) is 11.9 Å². The van der Waals surface area contributed by atoms with Crippen molar-refractivity contribution >= 4 is 11.5 Å². The highest BCUT2D eigenvalue weighted by Gasteiger charge is 2.27. The summed E-state index contributed by atoms with van der Waals surface area (Å²) in [5, 5.41) is 12.7. The third-order valence-electron chi connectivity index (χ3n) is 3.49. The summed E-state index contributed by atoms with van der Waals surface area (Å²) in [4.78, 5) is 12.2. The number of amides is 1. The molecule has 2 N–H and O–H groups in total. The Morgan fingerprint density at radius 2 is 2.06 bits per heavy atom. The fraction of sp³-hybridized carbons (Fsp3) is 0.400. The lowest BCUT2D eigenvalue weighted by Gasteiger charge is -2.27. The number of allylic oxidation sites excluding steroid dienone is 1. The Labute approximate surface area is 108 Å². The lowest BCUT2D eigenvalue weighted by molar-refractivity contribution is -0.117. The number of fused-ring (bicyclic) bond motifs is 1. The number of benzene rings is 1. The maximum atomic E-state index is 12.2. The van der Waals surface area contributed by atoms with Crippen LogP contribution in [0.3, 0.4) is 0 Å². The minimum atomic E-state index is -0.922. The Balaban J connectivity index is 2.13. The molecular formula is C15H19NO2. The molecule has 1 unspecified atom stereocenters. The van der Waals surface area contributed by atoms with E-state index in [1.165, 1.54) is 5.56 Å². The number of hydrogen-bond donors (Lipinski definition) is 2. The lowest BCUT2D eigenvalue weighted by Crippen LogP contribution is -2.47. The Morgan fingerprint density at radius 3 is 2.72 bits per heavy atom. The summed E-state index contributed by atoms with van der Waals surface area (Å²) in [5.74, 6) is -0.116. The quantitative estimate of drug-likeness (QED) is 0.854. The highest BCUT2D eigenvalue weighted by molar-refractivity contribution is 6.21. The third kappa shape index (κ3) is 2.46. The fourth-order valence-corrected chi connectivity index (χ4v) is 1.95. The van der Waals surface area contributed by atoms with Gasteiger partial charge in [0.2, 0.25) is 0 Å². The maximum absolute atomic E-state index is 12.2. The summed E-state index contributed by atoms with van der Waals surface area (Å²) in [7, 11) is 0. The number of rotatable bonds is 3. The van der Waals surface area contributed by atoms with E-state index in [0.717, 1.165) is 12.0 Å². The molecule has 1 aromatic rings. The van der Waals surface area contributed by atoms with Gasteiger partial charge in [-0.25, -0.2) is 0 Å². The van der Waals surface area contributed by atoms with Crippen molar-refractivity contribution in [2.75, 3.05) is 0 Å². The van der Waals surface area contributed by atoms with Gasteiger partial charge in [0.1, 0.15) is 0 Å². The summed E-state index contributed by atoms with van der Waals surface area (Å²) in [6.07, 6.45) is 2.74. The van der Waals surface area contributed by atoms with Crippen molar-refractivity contribution < 1.29 is 9.90 Å². The average Bonchev–Trinajstić information content (AvgIpc) is 2.71. The van der Waals surface area contributed by atoms with Crippen LogP contribution in [0.5, 0.6) is 0 Å². The number of nitrogens with one attached hydrogen (secondary N) is 1. The van der Waals surface area contributed by atoms with Crippen molar-refractivity contribution in [2.45, 2.75) is 38.8 Å². The van der Waals surface area contributed by atoms with Gasteiger partial charge in [0.25, 0.3) is 5.91 Å². The molecule has 3 nitrogen and oxygen atoms in total. The normalized spacial score (nSPS) is 15.9. The van der Waals surface area contributed by atoms with Gasteiger partial charge in [-0.1, -0.05) is 30.3 Å². The molecular weight excluding hydrogens is 226 g/mol. The minimum absolute atomic E-state index is 0.116. The van der Waals surface area contributed by atoms with E-state index in [1.807, 2.05) is 30.3 Å². The zero-order chi connectivity index (χ0) is 13.3. The first-order valence-corrected chi connectivity index (χ1v) is 6.21. The zero-order valence-electron chi connectivity index (χ0n) is 11.0. The molecule has 3 heteroatoms. The molecule has 0 saturated carbocycles. The van der Waals surface area contributed by atoms with Crippen LogP contribution in [0.15, 0.2) is 30.3 Å². The van der Waals surface area contributed by atoms with E-state index in [0.29, 0.717) is 5.57 Å². The average molecular weight is 245 g/mol. The van der Waals surface area contributed by atoms with Crippen LogP contribution in [0.2, 0.25) is 0 Å². The van der Waals surface area contributed by atoms with Gasteiger partial charge < -0.3 is 10.4 Å². The highest BCUT2D eigenvalue weighted by atomic mass is 16.3. The molecule has 0 fully saturated rings. The molecule has 0 heterocycles. The summed E-state index contributed by atoms with van der Waals surface area (Å²) in [6.45, 7) is 5.18. The van der Waals surface area contributed by atoms with Crippen LogP contribution >= 0.6 is 0 Å². The van der Waals surface area contributed by atoms with Gasteiger partial charge in [-0.3, -0.25) is 4.79 Å². The smallest absolute Gasteiger partial charge is 0.251 e. The van der Waals surface area contributed by atoms with Crippen molar-refractivity contribution in [3.05, 3.63) is 41.5 Å². The molecule has 2 rings (SSSR count). The van der Waals surface area contributed by atoms with E-state index in [2.05, 4.69) is 5.32 Å². The first kappa shape index (κ1) is 12.8. The molecule has 0 aliphatic heterocycles. The van der Waals surface area contributed by atoms with Gasteiger partial charge in [0, 0.05) is 5.57 Å². The van der Waals surface area contributed by atoms with Crippen molar-refractivity contribution in [1.82, 2.24) is 5.32 Å². The number of aliphatic hydroxyl groups is 1. The summed E-state index contributed by atoms with van der Waals surface area (Å²) < 4.78 is 0. The molecule has 0 radical (unpaired) electrons. The summed E-state index contributed by atoms with van der Waals surface area (Å²) in [5.41, 5.74) is 1.96. The topological polar surface area (TPSA) is 49.3 Å². The van der Waals surface area contributed by atoms with Crippen molar-refractivity contribution in [3.8, 4) is 0 Å². The summed E-state index contributed by atoms with van der Waals surface area (Å²) >= 11 is 0. The number of carbonyl (C=O) groups excluding carboxylic acids is 1. The van der Waals surface area contributed by atoms with Gasteiger partial charge >= 0.3 is 0 Å². The molecule has 0 aromatic heterocycles. The molecule has 1 aliphatic carbocycles. The van der Waals surface area contributed by atoms with E-state index in [4.69, 9.17) is 0 Å². The molecule has 0 saturated heterocycles. The molecule has 1 amide bonds. The second kappa shape index (κ2) is 4.58. The Bertz CT molecular complexity index is 497. The minimum Gasteiger partial charge on any atom is -0.388 e. The van der Waals surface area contributed by atoms with Crippen molar-refractivity contribution in [1.29, 1.82) is 0 Å². The number of carbonyl (C=O) groups is 1. The van der Waals surface area contributed by atoms with E-state index >= 15 is 0 Å². The molecule has 1 atom stereocenters. The Hall–Kier alpha value is -1.61. The van der Waals surface area contributed by atoms with E-state index in [9.17, 15) is 9.90 Å². The Kier molecular flexibility index (Phi) is 3.26. The Morgan fingerprint density at radius 1 is 1.39 bits per heavy atom. The van der Waals surface area contributed by atoms with Gasteiger partial charge in [-0.05, 0) is 38.3 Å². The van der Waals surface area contributed by atoms with E-state index < -0.39 is 5.60 Å². The van der Waals surface area contributed by atoms with Crippen LogP contribution in [0.25, 0.3) is 5.57 Å². The second-order valence-corrected chi connectivity index (χ2v) is 5.33. The van der Waals surface area contributed by atoms with Gasteiger partial charge in [0.05, 0.1) is 11.6 Å². The van der Waals surface area contributed by atoms with Crippen molar-refractivity contribution in [3.63, 3.8) is 0 Å². The molecule has 1 aromatic carbocycles. The van der Waals surface area contributed by atoms with Crippen LogP contribution in [0, 0.1) is 0 Å². The van der Waals surface area contributed by atoms with E-state index in [1.54, 1.807) is 20.8 Å². The van der Waals surface area contributed by atoms with Crippen molar-refractivity contribution in [2.24, 2.45) is 0 Å². The standard InChI is InChI=1S/C15H19NO2/c1-10(15(2,3)18)16-14(17)13-9-8-11-6-4-5-7-12(11)13/h4-7,9-10,18H,8H2,1-3H3,(H,16,17). The largest absolute Gasteiger partial charge is 0.388 e. The monoisotopic (exact) mass is 245 g/mol. The summed E-state index contributed by atoms with van der Waals surface area (Å²) in [6, 6.07) is 7.62. The SMILES string of the molecule is CC(NC(=O)C1=CCc2ccccc21)C(C)(C)O. The molecule has 0 bridgehead atoms. The van der Waals surface area contributed by atoms with Gasteiger partial charge in [-0.15, -0.1) is 0 Å². The predicted octanol–water partition coefficient (Wildman–Crippen LogP) is 1.90. The molecule has 18 heavy (non-hydrogen) atoms. The fourth-order valence-electron chi connectivity index (χ4n) is 1.95. The van der Waals surface area contributed by atoms with Crippen LogP contribution in [0.4, 0.5) is 0 Å². The second-order valence-electron chi connectivity index (χ2n) is 5.33. The van der Waals surface area contributed by atoms with Gasteiger partial charge in [0.15, 0.2) is 0 Å². The van der Waals surface area contributed by atoms with Crippen LogP contribution in [-0.4, -0.2) is 22.7 Å². The number of hydrogen-bond acceptors (Lipinski definition) is 2. The van der Waals surface area contributed by atoms with Crippen LogP contribution in [0.1, 0.15) is 31.9 Å². The molecule has 0 spiro atoms. The highest BCUT2D eigenvalue weighted by Crippen LogP contribution is 2.27. The maximum Gasteiger partial charge on any atom is 0.251 e. The predicted molar refractivity (Wildman–Crippen MR) is 72.0 cm³/mol. The lowest BCUT2D eigenvalue weighted by atomic mass is 9.99. The van der Waals surface area contributed by atoms with Crippen LogP contribution < -0.4 is 5.32 Å². The molecule has 96 valence electrons. The molecule has 1 aliphatic rings. The third-order valence-corrected chi connectivity index (χ3v) is 3.49. The zero-order valence-corrected chi connectivity index (χ0v) is 11.0. The van der Waals surface area contributed by atoms with Crippen LogP contribution in [-0.2, 0) is 11.2 Å². The first-order chi connectivity index (χ1) is 8.39. The van der Waals surface area contributed by atoms with Gasteiger partial charge in [-0.2, -0.15) is 0 Å². The first-order valence-electron chi connectivity index (χ1n) is 6.21.